The van der Waals surface area contributed by atoms with Crippen LogP contribution in [0.5, 0.6) is 0 Å². The van der Waals surface area contributed by atoms with Gasteiger partial charge >= 0.3 is 0 Å². The second-order valence-corrected chi connectivity index (χ2v) is 6.90. The number of carbonyl (C=O) groups is 1. The number of nitrogens with one attached hydrogen (secondary N) is 2. The fraction of sp³-hybridized carbons (Fsp3) is 0.923. The lowest BCUT2D eigenvalue weighted by atomic mass is 10.0. The van der Waals surface area contributed by atoms with Crippen molar-refractivity contribution in [1.29, 1.82) is 0 Å². The standard InChI is InChI=1S/C13H26N2OS/c1-5-13(3,4)15-12(16)10(2)14-9-11-7-6-8-17-11/h10-11,14H,5-9H2,1-4H3,(H,15,16). The first-order valence-electron chi connectivity index (χ1n) is 6.61. The molecule has 1 saturated heterocycles. The van der Waals surface area contributed by atoms with E-state index in [-0.39, 0.29) is 17.5 Å². The number of rotatable bonds is 6. The second-order valence-electron chi connectivity index (χ2n) is 5.49. The Labute approximate surface area is 109 Å². The maximum atomic E-state index is 11.9. The van der Waals surface area contributed by atoms with Crippen LogP contribution in [0.3, 0.4) is 0 Å². The molecule has 1 aliphatic heterocycles. The van der Waals surface area contributed by atoms with Gasteiger partial charge in [-0.05, 0) is 45.8 Å². The first kappa shape index (κ1) is 14.8. The number of thioether (sulfide) groups is 1. The van der Waals surface area contributed by atoms with Crippen molar-refractivity contribution in [3.8, 4) is 0 Å². The molecule has 0 saturated carbocycles. The van der Waals surface area contributed by atoms with E-state index in [0.29, 0.717) is 5.25 Å². The van der Waals surface area contributed by atoms with Gasteiger partial charge in [-0.15, -0.1) is 0 Å². The summed E-state index contributed by atoms with van der Waals surface area (Å²) in [6.45, 7) is 9.11. The molecule has 2 N–H and O–H groups in total. The van der Waals surface area contributed by atoms with Crippen molar-refractivity contribution in [2.24, 2.45) is 0 Å². The third-order valence-electron chi connectivity index (χ3n) is 3.41. The molecule has 0 aromatic rings. The van der Waals surface area contributed by atoms with Crippen LogP contribution in [0.4, 0.5) is 0 Å². The summed E-state index contributed by atoms with van der Waals surface area (Å²) in [5.74, 6) is 1.38. The van der Waals surface area contributed by atoms with E-state index in [9.17, 15) is 4.79 Å². The molecule has 2 atom stereocenters. The highest BCUT2D eigenvalue weighted by molar-refractivity contribution is 8.00. The van der Waals surface area contributed by atoms with Crippen molar-refractivity contribution >= 4 is 17.7 Å². The van der Waals surface area contributed by atoms with Crippen LogP contribution >= 0.6 is 11.8 Å². The lowest BCUT2D eigenvalue weighted by Gasteiger charge is -2.27. The smallest absolute Gasteiger partial charge is 0.237 e. The predicted octanol–water partition coefficient (Wildman–Crippen LogP) is 2.16. The van der Waals surface area contributed by atoms with Gasteiger partial charge in [-0.2, -0.15) is 11.8 Å². The number of amides is 1. The molecule has 0 spiro atoms. The quantitative estimate of drug-likeness (QED) is 0.767. The third-order valence-corrected chi connectivity index (χ3v) is 4.81. The van der Waals surface area contributed by atoms with Crippen LogP contribution in [0.1, 0.15) is 47.0 Å². The van der Waals surface area contributed by atoms with Crippen LogP contribution in [-0.2, 0) is 4.79 Å². The SMILES string of the molecule is CCC(C)(C)NC(=O)C(C)NCC1CCCS1. The Morgan fingerprint density at radius 2 is 2.24 bits per heavy atom. The first-order valence-corrected chi connectivity index (χ1v) is 7.66. The van der Waals surface area contributed by atoms with Crippen molar-refractivity contribution < 1.29 is 4.79 Å². The van der Waals surface area contributed by atoms with E-state index >= 15 is 0 Å². The molecular weight excluding hydrogens is 232 g/mol. The summed E-state index contributed by atoms with van der Waals surface area (Å²) in [5.41, 5.74) is -0.102. The largest absolute Gasteiger partial charge is 0.350 e. The van der Waals surface area contributed by atoms with Crippen molar-refractivity contribution in [3.63, 3.8) is 0 Å². The van der Waals surface area contributed by atoms with E-state index in [2.05, 4.69) is 31.4 Å². The van der Waals surface area contributed by atoms with Crippen LogP contribution in [0, 0.1) is 0 Å². The molecule has 17 heavy (non-hydrogen) atoms. The molecule has 2 unspecified atom stereocenters. The van der Waals surface area contributed by atoms with Crippen LogP contribution in [0.15, 0.2) is 0 Å². The molecule has 1 rings (SSSR count). The van der Waals surface area contributed by atoms with Crippen molar-refractivity contribution in [3.05, 3.63) is 0 Å². The molecule has 3 nitrogen and oxygen atoms in total. The summed E-state index contributed by atoms with van der Waals surface area (Å²) in [6, 6.07) is -0.0953. The average molecular weight is 258 g/mol. The van der Waals surface area contributed by atoms with Crippen molar-refractivity contribution in [2.75, 3.05) is 12.3 Å². The lowest BCUT2D eigenvalue weighted by Crippen LogP contribution is -2.51. The maximum Gasteiger partial charge on any atom is 0.237 e. The van der Waals surface area contributed by atoms with Crippen molar-refractivity contribution in [2.45, 2.75) is 63.8 Å². The molecule has 1 heterocycles. The average Bonchev–Trinajstić information content (AvgIpc) is 2.78. The summed E-state index contributed by atoms with van der Waals surface area (Å²) < 4.78 is 0. The summed E-state index contributed by atoms with van der Waals surface area (Å²) in [7, 11) is 0. The van der Waals surface area contributed by atoms with Gasteiger partial charge in [0.2, 0.25) is 5.91 Å². The zero-order valence-corrected chi connectivity index (χ0v) is 12.3. The Balaban J connectivity index is 2.26. The van der Waals surface area contributed by atoms with Gasteiger partial charge in [-0.25, -0.2) is 0 Å². The molecule has 1 aliphatic rings. The highest BCUT2D eigenvalue weighted by atomic mass is 32.2. The molecule has 0 bridgehead atoms. The highest BCUT2D eigenvalue weighted by Crippen LogP contribution is 2.25. The Morgan fingerprint density at radius 1 is 1.53 bits per heavy atom. The monoisotopic (exact) mass is 258 g/mol. The van der Waals surface area contributed by atoms with Gasteiger partial charge in [0, 0.05) is 17.3 Å². The minimum Gasteiger partial charge on any atom is -0.350 e. The van der Waals surface area contributed by atoms with Gasteiger partial charge in [0.05, 0.1) is 6.04 Å². The van der Waals surface area contributed by atoms with Gasteiger partial charge in [0.1, 0.15) is 0 Å². The Hall–Kier alpha value is -0.220. The fourth-order valence-electron chi connectivity index (χ4n) is 1.74. The van der Waals surface area contributed by atoms with Crippen molar-refractivity contribution in [1.82, 2.24) is 10.6 Å². The van der Waals surface area contributed by atoms with Crippen LogP contribution in [-0.4, -0.2) is 35.0 Å². The zero-order valence-electron chi connectivity index (χ0n) is 11.5. The number of hydrogen-bond donors (Lipinski definition) is 2. The lowest BCUT2D eigenvalue weighted by molar-refractivity contribution is -0.124. The Kier molecular flexibility index (Phi) is 5.80. The minimum absolute atomic E-state index is 0.0953. The van der Waals surface area contributed by atoms with Gasteiger partial charge in [-0.3, -0.25) is 4.79 Å². The molecule has 0 aliphatic carbocycles. The molecule has 0 radical (unpaired) electrons. The topological polar surface area (TPSA) is 41.1 Å². The summed E-state index contributed by atoms with van der Waals surface area (Å²) in [6.07, 6.45) is 3.55. The zero-order chi connectivity index (χ0) is 12.9. The van der Waals surface area contributed by atoms with Crippen LogP contribution < -0.4 is 10.6 Å². The Morgan fingerprint density at radius 3 is 2.76 bits per heavy atom. The van der Waals surface area contributed by atoms with E-state index in [1.54, 1.807) is 0 Å². The molecule has 0 aromatic heterocycles. The van der Waals surface area contributed by atoms with E-state index in [0.717, 1.165) is 13.0 Å². The van der Waals surface area contributed by atoms with Gasteiger partial charge in [0.25, 0.3) is 0 Å². The van der Waals surface area contributed by atoms with E-state index < -0.39 is 0 Å². The second kappa shape index (κ2) is 6.64. The molecule has 1 amide bonds. The highest BCUT2D eigenvalue weighted by Gasteiger charge is 2.23. The molecular formula is C13H26N2OS. The van der Waals surface area contributed by atoms with Gasteiger partial charge < -0.3 is 10.6 Å². The van der Waals surface area contributed by atoms with Gasteiger partial charge in [-0.1, -0.05) is 6.92 Å². The predicted molar refractivity (Wildman–Crippen MR) is 75.5 cm³/mol. The normalized spacial score (nSPS) is 22.5. The summed E-state index contributed by atoms with van der Waals surface area (Å²) in [5, 5.41) is 7.11. The number of hydrogen-bond acceptors (Lipinski definition) is 3. The fourth-order valence-corrected chi connectivity index (χ4v) is 2.95. The molecule has 4 heteroatoms. The van der Waals surface area contributed by atoms with E-state index in [4.69, 9.17) is 0 Å². The van der Waals surface area contributed by atoms with Crippen LogP contribution in [0.2, 0.25) is 0 Å². The summed E-state index contributed by atoms with van der Waals surface area (Å²) >= 11 is 2.02. The maximum absolute atomic E-state index is 11.9. The molecule has 0 aromatic carbocycles. The molecule has 100 valence electrons. The first-order chi connectivity index (χ1) is 7.94. The number of carbonyl (C=O) groups excluding carboxylic acids is 1. The minimum atomic E-state index is -0.102. The van der Waals surface area contributed by atoms with Crippen LogP contribution in [0.25, 0.3) is 0 Å². The Bertz CT molecular complexity index is 250. The molecule has 1 fully saturated rings. The summed E-state index contributed by atoms with van der Waals surface area (Å²) in [4.78, 5) is 11.9. The van der Waals surface area contributed by atoms with E-state index in [1.165, 1.54) is 18.6 Å². The van der Waals surface area contributed by atoms with Gasteiger partial charge in [0.15, 0.2) is 0 Å². The third kappa shape index (κ3) is 5.30. The van der Waals surface area contributed by atoms with E-state index in [1.807, 2.05) is 18.7 Å².